The number of carbonyl (C=O) groups is 2. The highest BCUT2D eigenvalue weighted by Crippen LogP contribution is 2.18. The Morgan fingerprint density at radius 1 is 1.07 bits per heavy atom. The number of carbonyl (C=O) groups excluding carboxylic acids is 2. The zero-order chi connectivity index (χ0) is 19.8. The van der Waals surface area contributed by atoms with Gasteiger partial charge in [-0.05, 0) is 50.8 Å². The molecule has 0 unspecified atom stereocenters. The second-order valence-corrected chi connectivity index (χ2v) is 6.78. The molecule has 27 heavy (non-hydrogen) atoms. The molecule has 2 atom stereocenters. The van der Waals surface area contributed by atoms with Crippen LogP contribution in [0.4, 0.5) is 4.39 Å². The molecule has 0 aliphatic carbocycles. The van der Waals surface area contributed by atoms with Gasteiger partial charge in [-0.25, -0.2) is 4.39 Å². The Morgan fingerprint density at radius 2 is 1.78 bits per heavy atom. The van der Waals surface area contributed by atoms with Crippen molar-refractivity contribution in [2.24, 2.45) is 0 Å². The lowest BCUT2D eigenvalue weighted by Crippen LogP contribution is -2.39. The number of nitrogens with zero attached hydrogens (tertiary/aromatic N) is 1. The predicted molar refractivity (Wildman–Crippen MR) is 104 cm³/mol. The van der Waals surface area contributed by atoms with Crippen LogP contribution in [0.2, 0.25) is 0 Å². The van der Waals surface area contributed by atoms with E-state index < -0.39 is 0 Å². The first-order valence-electron chi connectivity index (χ1n) is 8.91. The molecule has 2 aromatic rings. The maximum absolute atomic E-state index is 13.5. The van der Waals surface area contributed by atoms with Gasteiger partial charge in [0.1, 0.15) is 5.82 Å². The highest BCUT2D eigenvalue weighted by Gasteiger charge is 2.18. The summed E-state index contributed by atoms with van der Waals surface area (Å²) in [7, 11) is 3.76. The molecule has 5 nitrogen and oxygen atoms in total. The molecule has 0 bridgehead atoms. The van der Waals surface area contributed by atoms with Crippen molar-refractivity contribution < 1.29 is 14.0 Å². The molecule has 0 aliphatic heterocycles. The normalized spacial score (nSPS) is 13.1. The topological polar surface area (TPSA) is 61.4 Å². The fourth-order valence-corrected chi connectivity index (χ4v) is 2.82. The molecule has 6 heteroatoms. The van der Waals surface area contributed by atoms with E-state index in [1.54, 1.807) is 37.3 Å². The fourth-order valence-electron chi connectivity index (χ4n) is 2.82. The van der Waals surface area contributed by atoms with Crippen LogP contribution in [0.1, 0.15) is 35.3 Å². The van der Waals surface area contributed by atoms with Crippen molar-refractivity contribution in [1.82, 2.24) is 15.5 Å². The molecule has 0 aromatic heterocycles. The molecule has 2 amide bonds. The number of hydrogen-bond acceptors (Lipinski definition) is 3. The van der Waals surface area contributed by atoms with E-state index in [-0.39, 0.29) is 36.1 Å². The van der Waals surface area contributed by atoms with E-state index in [2.05, 4.69) is 10.6 Å². The Hall–Kier alpha value is -2.73. The third-order valence-corrected chi connectivity index (χ3v) is 4.25. The van der Waals surface area contributed by atoms with Crippen LogP contribution in [0.5, 0.6) is 0 Å². The SMILES string of the molecule is C[C@H](CC(=O)NC[C@H](c1cccc(F)c1)N(C)C)NC(=O)c1ccccc1. The Bertz CT molecular complexity index is 765. The van der Waals surface area contributed by atoms with Crippen molar-refractivity contribution in [3.8, 4) is 0 Å². The van der Waals surface area contributed by atoms with Crippen LogP contribution in [-0.4, -0.2) is 43.4 Å². The molecule has 2 N–H and O–H groups in total. The van der Waals surface area contributed by atoms with E-state index in [4.69, 9.17) is 0 Å². The monoisotopic (exact) mass is 371 g/mol. The summed E-state index contributed by atoms with van der Waals surface area (Å²) >= 11 is 0. The summed E-state index contributed by atoms with van der Waals surface area (Å²) in [6.07, 6.45) is 0.169. The lowest BCUT2D eigenvalue weighted by Gasteiger charge is -2.25. The third-order valence-electron chi connectivity index (χ3n) is 4.25. The molecule has 2 rings (SSSR count). The second kappa shape index (κ2) is 9.83. The summed E-state index contributed by atoms with van der Waals surface area (Å²) in [6, 6.07) is 14.8. The first-order chi connectivity index (χ1) is 12.9. The lowest BCUT2D eigenvalue weighted by atomic mass is 10.1. The van der Waals surface area contributed by atoms with E-state index in [0.717, 1.165) is 5.56 Å². The van der Waals surface area contributed by atoms with Gasteiger partial charge in [-0.15, -0.1) is 0 Å². The number of amides is 2. The summed E-state index contributed by atoms with van der Waals surface area (Å²) in [6.45, 7) is 2.14. The van der Waals surface area contributed by atoms with Gasteiger partial charge < -0.3 is 15.5 Å². The minimum atomic E-state index is -0.303. The van der Waals surface area contributed by atoms with Crippen molar-refractivity contribution in [2.75, 3.05) is 20.6 Å². The van der Waals surface area contributed by atoms with Crippen LogP contribution in [0.15, 0.2) is 54.6 Å². The third kappa shape index (κ3) is 6.49. The van der Waals surface area contributed by atoms with Crippen LogP contribution in [0.3, 0.4) is 0 Å². The van der Waals surface area contributed by atoms with Crippen molar-refractivity contribution in [3.63, 3.8) is 0 Å². The van der Waals surface area contributed by atoms with Gasteiger partial charge in [-0.1, -0.05) is 30.3 Å². The van der Waals surface area contributed by atoms with Gasteiger partial charge in [0.25, 0.3) is 5.91 Å². The Morgan fingerprint density at radius 3 is 2.41 bits per heavy atom. The number of hydrogen-bond donors (Lipinski definition) is 2. The smallest absolute Gasteiger partial charge is 0.251 e. The summed E-state index contributed by atoms with van der Waals surface area (Å²) in [5.74, 6) is -0.677. The van der Waals surface area contributed by atoms with Gasteiger partial charge in [0, 0.05) is 24.6 Å². The van der Waals surface area contributed by atoms with E-state index in [9.17, 15) is 14.0 Å². The van der Waals surface area contributed by atoms with Gasteiger partial charge >= 0.3 is 0 Å². The maximum atomic E-state index is 13.5. The summed E-state index contributed by atoms with van der Waals surface area (Å²) in [4.78, 5) is 26.3. The standard InChI is InChI=1S/C21H26FN3O2/c1-15(24-21(27)16-8-5-4-6-9-16)12-20(26)23-14-19(25(2)3)17-10-7-11-18(22)13-17/h4-11,13,15,19H,12,14H2,1-3H3,(H,23,26)(H,24,27)/t15-,19-/m1/s1. The van der Waals surface area contributed by atoms with Crippen molar-refractivity contribution in [2.45, 2.75) is 25.4 Å². The number of benzene rings is 2. The predicted octanol–water partition coefficient (Wildman–Crippen LogP) is 2.75. The molecule has 2 aromatic carbocycles. The highest BCUT2D eigenvalue weighted by atomic mass is 19.1. The van der Waals surface area contributed by atoms with Crippen molar-refractivity contribution in [3.05, 3.63) is 71.5 Å². The second-order valence-electron chi connectivity index (χ2n) is 6.78. The van der Waals surface area contributed by atoms with Crippen LogP contribution in [0.25, 0.3) is 0 Å². The molecule has 0 spiro atoms. The van der Waals surface area contributed by atoms with E-state index in [1.807, 2.05) is 31.1 Å². The molecule has 0 saturated heterocycles. The zero-order valence-corrected chi connectivity index (χ0v) is 15.9. The molecule has 144 valence electrons. The number of rotatable bonds is 8. The van der Waals surface area contributed by atoms with E-state index in [0.29, 0.717) is 12.1 Å². The van der Waals surface area contributed by atoms with Crippen LogP contribution in [0, 0.1) is 5.82 Å². The summed E-state index contributed by atoms with van der Waals surface area (Å²) < 4.78 is 13.5. The van der Waals surface area contributed by atoms with Crippen molar-refractivity contribution in [1.29, 1.82) is 0 Å². The quantitative estimate of drug-likeness (QED) is 0.750. The van der Waals surface area contributed by atoms with Crippen LogP contribution < -0.4 is 10.6 Å². The molecule has 0 fully saturated rings. The molecular weight excluding hydrogens is 345 g/mol. The first kappa shape index (κ1) is 20.6. The average Bonchev–Trinajstić information content (AvgIpc) is 2.62. The lowest BCUT2D eigenvalue weighted by molar-refractivity contribution is -0.121. The number of likely N-dealkylation sites (N-methyl/N-ethyl adjacent to an activating group) is 1. The Kier molecular flexibility index (Phi) is 7.49. The van der Waals surface area contributed by atoms with Gasteiger partial charge in [-0.2, -0.15) is 0 Å². The largest absolute Gasteiger partial charge is 0.354 e. The Labute approximate surface area is 159 Å². The fraction of sp³-hybridized carbons (Fsp3) is 0.333. The van der Waals surface area contributed by atoms with Crippen LogP contribution >= 0.6 is 0 Å². The summed E-state index contributed by atoms with van der Waals surface area (Å²) in [5.41, 5.74) is 1.36. The molecule has 0 heterocycles. The van der Waals surface area contributed by atoms with Crippen molar-refractivity contribution >= 4 is 11.8 Å². The maximum Gasteiger partial charge on any atom is 0.251 e. The van der Waals surface area contributed by atoms with E-state index in [1.165, 1.54) is 12.1 Å². The number of halogens is 1. The molecule has 0 aliphatic rings. The van der Waals surface area contributed by atoms with Gasteiger partial charge in [0.2, 0.25) is 5.91 Å². The van der Waals surface area contributed by atoms with Gasteiger partial charge in [0.05, 0.1) is 6.04 Å². The zero-order valence-electron chi connectivity index (χ0n) is 15.9. The van der Waals surface area contributed by atoms with Crippen LogP contribution in [-0.2, 0) is 4.79 Å². The molecule has 0 radical (unpaired) electrons. The minimum Gasteiger partial charge on any atom is -0.354 e. The number of nitrogens with one attached hydrogen (secondary N) is 2. The summed E-state index contributed by atoms with van der Waals surface area (Å²) in [5, 5.41) is 5.69. The first-order valence-corrected chi connectivity index (χ1v) is 8.91. The minimum absolute atomic E-state index is 0.140. The van der Waals surface area contributed by atoms with E-state index >= 15 is 0 Å². The Balaban J connectivity index is 1.86. The molecular formula is C21H26FN3O2. The highest BCUT2D eigenvalue weighted by molar-refractivity contribution is 5.94. The average molecular weight is 371 g/mol. The molecule has 0 saturated carbocycles. The van der Waals surface area contributed by atoms with Gasteiger partial charge in [0.15, 0.2) is 0 Å². The van der Waals surface area contributed by atoms with Gasteiger partial charge in [-0.3, -0.25) is 9.59 Å².